The molecule has 1 aromatic rings. The van der Waals surface area contributed by atoms with E-state index >= 15 is 0 Å². The number of aliphatic hydroxyl groups is 1. The number of rotatable bonds is 7. The van der Waals surface area contributed by atoms with E-state index < -0.39 is 6.10 Å². The molecule has 0 radical (unpaired) electrons. The minimum Gasteiger partial charge on any atom is -0.389 e. The third kappa shape index (κ3) is 3.65. The number of ether oxygens (including phenoxy) is 1. The van der Waals surface area contributed by atoms with Crippen LogP contribution in [0.2, 0.25) is 5.02 Å². The molecule has 4 aliphatic rings. The van der Waals surface area contributed by atoms with Gasteiger partial charge in [0.05, 0.1) is 19.3 Å². The normalized spacial score (nSPS) is 35.3. The second kappa shape index (κ2) is 6.95. The quantitative estimate of drug-likeness (QED) is 0.787. The van der Waals surface area contributed by atoms with Crippen LogP contribution in [0.5, 0.6) is 0 Å². The third-order valence-corrected chi connectivity index (χ3v) is 6.65. The van der Waals surface area contributed by atoms with Gasteiger partial charge in [0, 0.05) is 17.1 Å². The number of hydrogen-bond donors (Lipinski definition) is 2. The summed E-state index contributed by atoms with van der Waals surface area (Å²) in [5, 5.41) is 14.7. The van der Waals surface area contributed by atoms with Crippen molar-refractivity contribution >= 4 is 11.6 Å². The topological polar surface area (TPSA) is 41.5 Å². The first-order chi connectivity index (χ1) is 11.6. The van der Waals surface area contributed by atoms with Gasteiger partial charge in [0.25, 0.3) is 0 Å². The van der Waals surface area contributed by atoms with Crippen LogP contribution < -0.4 is 5.32 Å². The lowest BCUT2D eigenvalue weighted by Gasteiger charge is -2.57. The van der Waals surface area contributed by atoms with E-state index in [1.807, 2.05) is 24.3 Å². The number of hydrogen-bond acceptors (Lipinski definition) is 3. The van der Waals surface area contributed by atoms with Crippen LogP contribution in [0.15, 0.2) is 24.3 Å². The van der Waals surface area contributed by atoms with Gasteiger partial charge in [-0.3, -0.25) is 0 Å². The van der Waals surface area contributed by atoms with Gasteiger partial charge in [-0.05, 0) is 67.9 Å². The molecule has 5 rings (SSSR count). The molecule has 4 saturated carbocycles. The van der Waals surface area contributed by atoms with Crippen molar-refractivity contribution in [1.82, 2.24) is 5.32 Å². The summed E-state index contributed by atoms with van der Waals surface area (Å²) in [6.45, 7) is 1.44. The highest BCUT2D eigenvalue weighted by atomic mass is 35.5. The van der Waals surface area contributed by atoms with E-state index in [4.69, 9.17) is 16.3 Å². The smallest absolute Gasteiger partial charge is 0.0898 e. The molecule has 132 valence electrons. The monoisotopic (exact) mass is 349 g/mol. The molecule has 4 fully saturated rings. The number of nitrogens with one attached hydrogen (secondary N) is 1. The zero-order valence-electron chi connectivity index (χ0n) is 14.2. The molecule has 1 aromatic carbocycles. The molecule has 24 heavy (non-hydrogen) atoms. The predicted octanol–water partition coefficient (Wildman–Crippen LogP) is 3.78. The maximum Gasteiger partial charge on any atom is 0.0898 e. The highest BCUT2D eigenvalue weighted by Crippen LogP contribution is 2.55. The lowest BCUT2D eigenvalue weighted by atomic mass is 9.53. The van der Waals surface area contributed by atoms with Crippen LogP contribution in [0, 0.1) is 17.8 Å². The summed E-state index contributed by atoms with van der Waals surface area (Å²) < 4.78 is 5.66. The Labute approximate surface area is 149 Å². The van der Waals surface area contributed by atoms with Gasteiger partial charge >= 0.3 is 0 Å². The Balaban J connectivity index is 1.22. The Hall–Kier alpha value is -0.610. The maximum atomic E-state index is 10.3. The van der Waals surface area contributed by atoms with E-state index in [0.717, 1.165) is 28.3 Å². The molecule has 0 aliphatic heterocycles. The van der Waals surface area contributed by atoms with E-state index in [-0.39, 0.29) is 0 Å². The first-order valence-corrected chi connectivity index (χ1v) is 9.74. The van der Waals surface area contributed by atoms with Crippen LogP contribution in [0.25, 0.3) is 0 Å². The lowest BCUT2D eigenvalue weighted by molar-refractivity contribution is -0.0317. The highest BCUT2D eigenvalue weighted by Gasteiger charge is 2.50. The molecular formula is C20H28ClNO2. The fourth-order valence-corrected chi connectivity index (χ4v) is 5.83. The van der Waals surface area contributed by atoms with Crippen LogP contribution in [0.1, 0.15) is 44.1 Å². The molecular weight excluding hydrogens is 322 g/mol. The van der Waals surface area contributed by atoms with Gasteiger partial charge in [0.2, 0.25) is 0 Å². The van der Waals surface area contributed by atoms with E-state index in [2.05, 4.69) is 5.32 Å². The van der Waals surface area contributed by atoms with Crippen LogP contribution >= 0.6 is 11.6 Å². The number of β-amino-alcohol motifs (C(OH)–C–C–N with tert-alkyl or cyclic N) is 1. The Morgan fingerprint density at radius 1 is 1.12 bits per heavy atom. The molecule has 1 atom stereocenters. The van der Waals surface area contributed by atoms with Crippen molar-refractivity contribution in [1.29, 1.82) is 0 Å². The van der Waals surface area contributed by atoms with Crippen LogP contribution in [-0.4, -0.2) is 29.9 Å². The zero-order chi connectivity index (χ0) is 16.6. The summed E-state index contributed by atoms with van der Waals surface area (Å²) in [5.74, 6) is 2.78. The van der Waals surface area contributed by atoms with Gasteiger partial charge in [-0.2, -0.15) is 0 Å². The van der Waals surface area contributed by atoms with Gasteiger partial charge in [-0.1, -0.05) is 29.8 Å². The van der Waals surface area contributed by atoms with Crippen molar-refractivity contribution in [2.45, 2.75) is 56.8 Å². The summed E-state index contributed by atoms with van der Waals surface area (Å²) in [6, 6.07) is 7.69. The Bertz CT molecular complexity index is 541. The van der Waals surface area contributed by atoms with Crippen molar-refractivity contribution in [3.63, 3.8) is 0 Å². The fourth-order valence-electron chi connectivity index (χ4n) is 5.64. The summed E-state index contributed by atoms with van der Waals surface area (Å²) in [6.07, 6.45) is 7.82. The van der Waals surface area contributed by atoms with Crippen LogP contribution in [-0.2, 0) is 11.3 Å². The van der Waals surface area contributed by atoms with Crippen molar-refractivity contribution < 1.29 is 9.84 Å². The molecule has 4 aliphatic carbocycles. The molecule has 4 heteroatoms. The molecule has 2 N–H and O–H groups in total. The van der Waals surface area contributed by atoms with Gasteiger partial charge in [-0.25, -0.2) is 0 Å². The highest BCUT2D eigenvalue weighted by molar-refractivity contribution is 6.31. The van der Waals surface area contributed by atoms with Crippen molar-refractivity contribution in [2.24, 2.45) is 17.8 Å². The Morgan fingerprint density at radius 3 is 2.38 bits per heavy atom. The molecule has 0 saturated heterocycles. The molecule has 0 spiro atoms. The van der Waals surface area contributed by atoms with Gasteiger partial charge in [-0.15, -0.1) is 0 Å². The average Bonchev–Trinajstić information content (AvgIpc) is 2.54. The fraction of sp³-hybridized carbons (Fsp3) is 0.700. The maximum absolute atomic E-state index is 10.3. The van der Waals surface area contributed by atoms with E-state index in [0.29, 0.717) is 25.3 Å². The second-order valence-electron chi connectivity index (χ2n) is 8.34. The zero-order valence-corrected chi connectivity index (χ0v) is 15.0. The van der Waals surface area contributed by atoms with E-state index in [1.54, 1.807) is 0 Å². The van der Waals surface area contributed by atoms with Crippen LogP contribution in [0.3, 0.4) is 0 Å². The SMILES string of the molecule is OC(CNC12CC3CC(CC(C3)C1)C2)COCc1ccccc1Cl. The first kappa shape index (κ1) is 16.8. The van der Waals surface area contributed by atoms with Crippen molar-refractivity contribution in [3.8, 4) is 0 Å². The van der Waals surface area contributed by atoms with E-state index in [1.165, 1.54) is 38.5 Å². The minimum absolute atomic E-state index is 0.304. The third-order valence-electron chi connectivity index (χ3n) is 6.28. The first-order valence-electron chi connectivity index (χ1n) is 9.36. The summed E-state index contributed by atoms with van der Waals surface area (Å²) >= 11 is 6.12. The van der Waals surface area contributed by atoms with Crippen LogP contribution in [0.4, 0.5) is 0 Å². The predicted molar refractivity (Wildman–Crippen MR) is 96.0 cm³/mol. The number of aliphatic hydroxyl groups excluding tert-OH is 1. The van der Waals surface area contributed by atoms with E-state index in [9.17, 15) is 5.11 Å². The number of benzene rings is 1. The van der Waals surface area contributed by atoms with Gasteiger partial charge in [0.1, 0.15) is 0 Å². The molecule has 0 amide bonds. The minimum atomic E-state index is -0.458. The summed E-state index contributed by atoms with van der Waals surface area (Å²) in [5.41, 5.74) is 1.28. The lowest BCUT2D eigenvalue weighted by Crippen LogP contribution is -2.59. The summed E-state index contributed by atoms with van der Waals surface area (Å²) in [4.78, 5) is 0. The molecule has 0 aromatic heterocycles. The van der Waals surface area contributed by atoms with Gasteiger partial charge in [0.15, 0.2) is 0 Å². The van der Waals surface area contributed by atoms with Crippen molar-refractivity contribution in [2.75, 3.05) is 13.2 Å². The average molecular weight is 350 g/mol. The number of halogens is 1. The largest absolute Gasteiger partial charge is 0.389 e. The molecule has 3 nitrogen and oxygen atoms in total. The van der Waals surface area contributed by atoms with Gasteiger partial charge < -0.3 is 15.2 Å². The molecule has 4 bridgehead atoms. The molecule has 1 unspecified atom stereocenters. The molecule has 0 heterocycles. The Kier molecular flexibility index (Phi) is 4.88. The Morgan fingerprint density at radius 2 is 1.75 bits per heavy atom. The second-order valence-corrected chi connectivity index (χ2v) is 8.75. The van der Waals surface area contributed by atoms with Crippen molar-refractivity contribution in [3.05, 3.63) is 34.9 Å². The summed E-state index contributed by atoms with van der Waals surface area (Å²) in [7, 11) is 0. The standard InChI is InChI=1S/C20H28ClNO2/c21-19-4-2-1-3-17(19)12-24-13-18(23)11-22-20-8-14-5-15(9-20)7-16(6-14)10-20/h1-4,14-16,18,22-23H,5-13H2.